The Bertz CT molecular complexity index is 575. The maximum atomic E-state index is 4.61. The molecule has 25 heavy (non-hydrogen) atoms. The first-order chi connectivity index (χ1) is 12.1. The summed E-state index contributed by atoms with van der Waals surface area (Å²) in [5.41, 5.74) is 0. The largest absolute Gasteiger partial charge is 0.355 e. The summed E-state index contributed by atoms with van der Waals surface area (Å²) in [4.78, 5) is 16.3. The fourth-order valence-corrected chi connectivity index (χ4v) is 3.98. The molecule has 8 heteroatoms. The highest BCUT2D eigenvalue weighted by Crippen LogP contribution is 2.26. The van der Waals surface area contributed by atoms with Crippen LogP contribution in [0.3, 0.4) is 0 Å². The number of hydrogen-bond acceptors (Lipinski definition) is 6. The van der Waals surface area contributed by atoms with E-state index in [0.717, 1.165) is 62.1 Å². The van der Waals surface area contributed by atoms with Gasteiger partial charge >= 0.3 is 0 Å². The SMILES string of the molecule is CCc1nsc(N2CCN(C(=NC)NCC(C)N(C)C3CC3)CC2)n1. The fourth-order valence-electron chi connectivity index (χ4n) is 3.18. The predicted molar refractivity (Wildman–Crippen MR) is 105 cm³/mol. The third-order valence-corrected chi connectivity index (χ3v) is 6.02. The number of nitrogens with zero attached hydrogens (tertiary/aromatic N) is 6. The second-order valence-corrected chi connectivity index (χ2v) is 7.72. The lowest BCUT2D eigenvalue weighted by molar-refractivity contribution is 0.245. The quantitative estimate of drug-likeness (QED) is 0.605. The van der Waals surface area contributed by atoms with E-state index in [4.69, 9.17) is 0 Å². The van der Waals surface area contributed by atoms with Crippen molar-refractivity contribution in [3.8, 4) is 0 Å². The molecule has 2 heterocycles. The lowest BCUT2D eigenvalue weighted by atomic mass is 10.3. The van der Waals surface area contributed by atoms with Crippen molar-refractivity contribution in [2.75, 3.05) is 51.7 Å². The Balaban J connectivity index is 1.46. The number of rotatable bonds is 6. The van der Waals surface area contributed by atoms with Gasteiger partial charge in [0.1, 0.15) is 5.82 Å². The molecule has 1 N–H and O–H groups in total. The molecule has 1 unspecified atom stereocenters. The van der Waals surface area contributed by atoms with Crippen LogP contribution in [0.4, 0.5) is 5.13 Å². The molecule has 0 amide bonds. The number of piperazine rings is 1. The summed E-state index contributed by atoms with van der Waals surface area (Å²) in [6.07, 6.45) is 3.60. The summed E-state index contributed by atoms with van der Waals surface area (Å²) in [6.45, 7) is 9.20. The van der Waals surface area contributed by atoms with Crippen LogP contribution in [-0.4, -0.2) is 84.0 Å². The Morgan fingerprint density at radius 2 is 2.08 bits per heavy atom. The van der Waals surface area contributed by atoms with E-state index < -0.39 is 0 Å². The Morgan fingerprint density at radius 3 is 2.64 bits per heavy atom. The minimum Gasteiger partial charge on any atom is -0.355 e. The fraction of sp³-hybridized carbons (Fsp3) is 0.824. The van der Waals surface area contributed by atoms with E-state index in [0.29, 0.717) is 6.04 Å². The third kappa shape index (κ3) is 4.61. The highest BCUT2D eigenvalue weighted by atomic mass is 32.1. The first kappa shape index (κ1) is 18.4. The smallest absolute Gasteiger partial charge is 0.205 e. The number of aryl methyl sites for hydroxylation is 1. The van der Waals surface area contributed by atoms with Crippen LogP contribution in [0.5, 0.6) is 0 Å². The summed E-state index contributed by atoms with van der Waals surface area (Å²) in [5.74, 6) is 1.97. The predicted octanol–water partition coefficient (Wildman–Crippen LogP) is 1.28. The topological polar surface area (TPSA) is 59.9 Å². The molecule has 1 aliphatic heterocycles. The van der Waals surface area contributed by atoms with Crippen LogP contribution in [0.25, 0.3) is 0 Å². The summed E-state index contributed by atoms with van der Waals surface area (Å²) in [6, 6.07) is 1.32. The molecule has 1 saturated carbocycles. The van der Waals surface area contributed by atoms with E-state index in [-0.39, 0.29) is 0 Å². The third-order valence-electron chi connectivity index (χ3n) is 5.21. The van der Waals surface area contributed by atoms with Gasteiger partial charge in [0, 0.05) is 69.8 Å². The second kappa shape index (κ2) is 8.31. The number of aliphatic imine (C=N–C) groups is 1. The molecule has 2 aliphatic rings. The molecule has 1 atom stereocenters. The molecule has 0 bridgehead atoms. The Labute approximate surface area is 155 Å². The van der Waals surface area contributed by atoms with Gasteiger partial charge < -0.3 is 15.1 Å². The van der Waals surface area contributed by atoms with E-state index in [1.807, 2.05) is 7.05 Å². The molecule has 1 aromatic heterocycles. The summed E-state index contributed by atoms with van der Waals surface area (Å²) in [5, 5.41) is 4.62. The number of hydrogen-bond donors (Lipinski definition) is 1. The Hall–Kier alpha value is -1.41. The number of aromatic nitrogens is 2. The van der Waals surface area contributed by atoms with Crippen molar-refractivity contribution in [3.63, 3.8) is 0 Å². The van der Waals surface area contributed by atoms with Crippen LogP contribution in [0.15, 0.2) is 4.99 Å². The van der Waals surface area contributed by atoms with Gasteiger partial charge in [-0.05, 0) is 26.8 Å². The van der Waals surface area contributed by atoms with Crippen molar-refractivity contribution in [2.45, 2.75) is 45.2 Å². The van der Waals surface area contributed by atoms with Gasteiger partial charge in [0.2, 0.25) is 5.13 Å². The van der Waals surface area contributed by atoms with E-state index in [1.165, 1.54) is 24.4 Å². The van der Waals surface area contributed by atoms with Gasteiger partial charge in [-0.25, -0.2) is 4.98 Å². The van der Waals surface area contributed by atoms with Crippen LogP contribution >= 0.6 is 11.5 Å². The molecule has 3 rings (SSSR count). The molecule has 1 aliphatic carbocycles. The van der Waals surface area contributed by atoms with Gasteiger partial charge in [-0.15, -0.1) is 0 Å². The van der Waals surface area contributed by atoms with Gasteiger partial charge in [-0.1, -0.05) is 6.92 Å². The standard InChI is InChI=1S/C17H31N7S/c1-5-15-20-17(25-21-15)24-10-8-23(9-11-24)16(18-3)19-12-13(2)22(4)14-6-7-14/h13-14H,5-12H2,1-4H3,(H,18,19). The average molecular weight is 366 g/mol. The molecule has 0 radical (unpaired) electrons. The molecule has 2 fully saturated rings. The van der Waals surface area contributed by atoms with Crippen LogP contribution in [0.1, 0.15) is 32.5 Å². The van der Waals surface area contributed by atoms with Crippen LogP contribution in [0.2, 0.25) is 0 Å². The molecule has 0 spiro atoms. The number of anilines is 1. The zero-order valence-electron chi connectivity index (χ0n) is 15.9. The normalized spacial score (nSPS) is 20.3. The van der Waals surface area contributed by atoms with Crippen LogP contribution in [-0.2, 0) is 6.42 Å². The number of guanidine groups is 1. The van der Waals surface area contributed by atoms with Gasteiger partial charge in [0.15, 0.2) is 5.96 Å². The van der Waals surface area contributed by atoms with Gasteiger partial charge in [-0.3, -0.25) is 9.89 Å². The van der Waals surface area contributed by atoms with Gasteiger partial charge in [0.25, 0.3) is 0 Å². The first-order valence-electron chi connectivity index (χ1n) is 9.37. The van der Waals surface area contributed by atoms with Crippen molar-refractivity contribution >= 4 is 22.6 Å². The van der Waals surface area contributed by atoms with Crippen molar-refractivity contribution in [1.29, 1.82) is 0 Å². The summed E-state index contributed by atoms with van der Waals surface area (Å²) < 4.78 is 4.40. The molecule has 140 valence electrons. The monoisotopic (exact) mass is 365 g/mol. The molecule has 1 aromatic rings. The highest BCUT2D eigenvalue weighted by molar-refractivity contribution is 7.09. The highest BCUT2D eigenvalue weighted by Gasteiger charge is 2.29. The minimum atomic E-state index is 0.527. The minimum absolute atomic E-state index is 0.527. The second-order valence-electron chi connectivity index (χ2n) is 6.99. The van der Waals surface area contributed by atoms with Crippen LogP contribution in [0, 0.1) is 0 Å². The molecule has 1 saturated heterocycles. The molecule has 0 aromatic carbocycles. The van der Waals surface area contributed by atoms with Crippen molar-refractivity contribution in [1.82, 2.24) is 24.5 Å². The molecule has 7 nitrogen and oxygen atoms in total. The van der Waals surface area contributed by atoms with Crippen molar-refractivity contribution in [2.24, 2.45) is 4.99 Å². The Kier molecular flexibility index (Phi) is 6.11. The maximum Gasteiger partial charge on any atom is 0.205 e. The number of likely N-dealkylation sites (N-methyl/N-ethyl adjacent to an activating group) is 1. The van der Waals surface area contributed by atoms with E-state index in [1.54, 1.807) is 0 Å². The van der Waals surface area contributed by atoms with Crippen LogP contribution < -0.4 is 10.2 Å². The Morgan fingerprint density at radius 1 is 1.36 bits per heavy atom. The molecular formula is C17H31N7S. The number of nitrogens with one attached hydrogen (secondary N) is 1. The zero-order chi connectivity index (χ0) is 17.8. The maximum absolute atomic E-state index is 4.61. The van der Waals surface area contributed by atoms with Gasteiger partial charge in [-0.2, -0.15) is 4.37 Å². The van der Waals surface area contributed by atoms with Crippen molar-refractivity contribution < 1.29 is 0 Å². The summed E-state index contributed by atoms with van der Waals surface area (Å²) >= 11 is 1.52. The lowest BCUT2D eigenvalue weighted by Crippen LogP contribution is -2.54. The van der Waals surface area contributed by atoms with E-state index >= 15 is 0 Å². The lowest BCUT2D eigenvalue weighted by Gasteiger charge is -2.36. The average Bonchev–Trinajstić information content (AvgIpc) is 3.39. The molecular weight excluding hydrogens is 334 g/mol. The zero-order valence-corrected chi connectivity index (χ0v) is 16.7. The summed E-state index contributed by atoms with van der Waals surface area (Å²) in [7, 11) is 4.11. The van der Waals surface area contributed by atoms with E-state index in [2.05, 4.69) is 55.3 Å². The van der Waals surface area contributed by atoms with E-state index in [9.17, 15) is 0 Å². The van der Waals surface area contributed by atoms with Gasteiger partial charge in [0.05, 0.1) is 0 Å². The van der Waals surface area contributed by atoms with Crippen molar-refractivity contribution in [3.05, 3.63) is 5.82 Å². The first-order valence-corrected chi connectivity index (χ1v) is 10.1.